The van der Waals surface area contributed by atoms with Gasteiger partial charge in [-0.2, -0.15) is 13.2 Å². The van der Waals surface area contributed by atoms with Crippen LogP contribution in [-0.2, 0) is 12.6 Å². The highest BCUT2D eigenvalue weighted by molar-refractivity contribution is 5.77. The number of H-pyrrole nitrogens is 1. The number of rotatable bonds is 4. The molecule has 3 heterocycles. The number of nitrogens with one attached hydrogen (secondary N) is 2. The second kappa shape index (κ2) is 5.47. The van der Waals surface area contributed by atoms with Crippen LogP contribution in [0.15, 0.2) is 30.6 Å². The molecule has 4 rings (SSSR count). The van der Waals surface area contributed by atoms with E-state index >= 15 is 0 Å². The predicted octanol–water partition coefficient (Wildman–Crippen LogP) is 4.07. The number of anilines is 2. The summed E-state index contributed by atoms with van der Waals surface area (Å²) in [5, 5.41) is 2.89. The Hall–Kier alpha value is -2.64. The van der Waals surface area contributed by atoms with Crippen LogP contribution < -0.4 is 5.32 Å². The lowest BCUT2D eigenvalue weighted by atomic mass is 10.3. The van der Waals surface area contributed by atoms with E-state index in [1.807, 2.05) is 0 Å². The molecule has 0 bridgehead atoms. The topological polar surface area (TPSA) is 66.5 Å². The molecule has 0 amide bonds. The zero-order valence-corrected chi connectivity index (χ0v) is 12.6. The van der Waals surface area contributed by atoms with E-state index in [9.17, 15) is 13.2 Å². The molecular formula is C16H14F3N5. The number of alkyl halides is 3. The van der Waals surface area contributed by atoms with Gasteiger partial charge in [0.1, 0.15) is 17.5 Å². The van der Waals surface area contributed by atoms with Gasteiger partial charge in [0, 0.05) is 18.7 Å². The minimum Gasteiger partial charge on any atom is -0.341 e. The fraction of sp³-hybridized carbons (Fsp3) is 0.312. The Kier molecular flexibility index (Phi) is 3.40. The SMILES string of the molecule is FC(F)(F)c1ccc(Nc2cc3nc(CC4CC4)[nH]c3cn2)nc1. The number of nitrogens with zero attached hydrogens (tertiary/aromatic N) is 3. The van der Waals surface area contributed by atoms with Gasteiger partial charge in [-0.25, -0.2) is 15.0 Å². The van der Waals surface area contributed by atoms with Crippen LogP contribution in [0.2, 0.25) is 0 Å². The first-order valence-corrected chi connectivity index (χ1v) is 7.62. The highest BCUT2D eigenvalue weighted by Gasteiger charge is 2.30. The van der Waals surface area contributed by atoms with E-state index in [-0.39, 0.29) is 0 Å². The fourth-order valence-electron chi connectivity index (χ4n) is 2.49. The third-order valence-electron chi connectivity index (χ3n) is 3.94. The van der Waals surface area contributed by atoms with E-state index < -0.39 is 11.7 Å². The molecule has 0 atom stereocenters. The van der Waals surface area contributed by atoms with E-state index in [0.29, 0.717) is 11.6 Å². The summed E-state index contributed by atoms with van der Waals surface area (Å²) in [7, 11) is 0. The van der Waals surface area contributed by atoms with Gasteiger partial charge in [-0.3, -0.25) is 0 Å². The Morgan fingerprint density at radius 2 is 1.92 bits per heavy atom. The van der Waals surface area contributed by atoms with E-state index in [1.165, 1.54) is 18.9 Å². The molecule has 0 spiro atoms. The van der Waals surface area contributed by atoms with Gasteiger partial charge in [0.2, 0.25) is 0 Å². The Morgan fingerprint density at radius 1 is 1.12 bits per heavy atom. The van der Waals surface area contributed by atoms with Crippen molar-refractivity contribution in [3.05, 3.63) is 42.0 Å². The van der Waals surface area contributed by atoms with Crippen molar-refractivity contribution in [1.82, 2.24) is 19.9 Å². The molecule has 0 saturated heterocycles. The molecule has 24 heavy (non-hydrogen) atoms. The average Bonchev–Trinajstić information content (AvgIpc) is 3.24. The number of fused-ring (bicyclic) bond motifs is 1. The minimum absolute atomic E-state index is 0.295. The monoisotopic (exact) mass is 333 g/mol. The van der Waals surface area contributed by atoms with Crippen molar-refractivity contribution in [2.45, 2.75) is 25.4 Å². The molecule has 0 aromatic carbocycles. The molecule has 2 N–H and O–H groups in total. The molecule has 1 saturated carbocycles. The number of hydrogen-bond donors (Lipinski definition) is 2. The van der Waals surface area contributed by atoms with Crippen molar-refractivity contribution >= 4 is 22.7 Å². The third-order valence-corrected chi connectivity index (χ3v) is 3.94. The lowest BCUT2D eigenvalue weighted by Crippen LogP contribution is -2.06. The van der Waals surface area contributed by atoms with E-state index in [0.717, 1.165) is 41.5 Å². The maximum absolute atomic E-state index is 12.5. The normalized spacial score (nSPS) is 15.0. The third kappa shape index (κ3) is 3.17. The van der Waals surface area contributed by atoms with E-state index in [1.54, 1.807) is 12.3 Å². The van der Waals surface area contributed by atoms with Crippen molar-refractivity contribution < 1.29 is 13.2 Å². The van der Waals surface area contributed by atoms with Crippen LogP contribution in [0.1, 0.15) is 24.2 Å². The number of hydrogen-bond acceptors (Lipinski definition) is 4. The van der Waals surface area contributed by atoms with Gasteiger partial charge in [-0.1, -0.05) is 0 Å². The van der Waals surface area contributed by atoms with Crippen molar-refractivity contribution in [2.24, 2.45) is 5.92 Å². The molecule has 1 fully saturated rings. The van der Waals surface area contributed by atoms with Gasteiger partial charge in [0.15, 0.2) is 0 Å². The summed E-state index contributed by atoms with van der Waals surface area (Å²) in [5.41, 5.74) is 0.833. The molecular weight excluding hydrogens is 319 g/mol. The van der Waals surface area contributed by atoms with Crippen LogP contribution in [0, 0.1) is 5.92 Å². The fourth-order valence-corrected chi connectivity index (χ4v) is 2.49. The van der Waals surface area contributed by atoms with Crippen LogP contribution in [0.5, 0.6) is 0 Å². The highest BCUT2D eigenvalue weighted by Crippen LogP contribution is 2.32. The molecule has 3 aromatic rings. The molecule has 1 aliphatic rings. The quantitative estimate of drug-likeness (QED) is 0.755. The van der Waals surface area contributed by atoms with Crippen molar-refractivity contribution in [3.63, 3.8) is 0 Å². The lowest BCUT2D eigenvalue weighted by molar-refractivity contribution is -0.137. The first-order valence-electron chi connectivity index (χ1n) is 7.62. The van der Waals surface area contributed by atoms with Crippen molar-refractivity contribution in [2.75, 3.05) is 5.32 Å². The first kappa shape index (κ1) is 14.9. The second-order valence-corrected chi connectivity index (χ2v) is 5.97. The summed E-state index contributed by atoms with van der Waals surface area (Å²) in [4.78, 5) is 15.8. The number of halogens is 3. The Morgan fingerprint density at radius 3 is 2.58 bits per heavy atom. The maximum Gasteiger partial charge on any atom is 0.417 e. The molecule has 1 aliphatic carbocycles. The summed E-state index contributed by atoms with van der Waals surface area (Å²) in [6.45, 7) is 0. The van der Waals surface area contributed by atoms with E-state index in [4.69, 9.17) is 0 Å². The number of aromatic nitrogens is 4. The van der Waals surface area contributed by atoms with Gasteiger partial charge in [-0.05, 0) is 30.9 Å². The maximum atomic E-state index is 12.5. The molecule has 8 heteroatoms. The zero-order valence-electron chi connectivity index (χ0n) is 12.6. The van der Waals surface area contributed by atoms with Crippen molar-refractivity contribution in [1.29, 1.82) is 0 Å². The predicted molar refractivity (Wildman–Crippen MR) is 82.8 cm³/mol. The summed E-state index contributed by atoms with van der Waals surface area (Å²) in [6.07, 6.45) is 1.51. The molecule has 0 unspecified atom stereocenters. The Labute approximate surface area is 135 Å². The second-order valence-electron chi connectivity index (χ2n) is 5.97. The van der Waals surface area contributed by atoms with Gasteiger partial charge in [0.25, 0.3) is 0 Å². The van der Waals surface area contributed by atoms with Gasteiger partial charge in [-0.15, -0.1) is 0 Å². The van der Waals surface area contributed by atoms with E-state index in [2.05, 4.69) is 25.3 Å². The molecule has 5 nitrogen and oxygen atoms in total. The summed E-state index contributed by atoms with van der Waals surface area (Å²) in [6, 6.07) is 4.01. The van der Waals surface area contributed by atoms with Crippen LogP contribution >= 0.6 is 0 Å². The number of imidazole rings is 1. The van der Waals surface area contributed by atoms with Crippen LogP contribution in [0.4, 0.5) is 24.8 Å². The van der Waals surface area contributed by atoms with Gasteiger partial charge >= 0.3 is 6.18 Å². The average molecular weight is 333 g/mol. The smallest absolute Gasteiger partial charge is 0.341 e. The standard InChI is InChI=1S/C16H14F3N5/c17-16(18,19)10-3-4-13(20-7-10)24-14-6-11-12(8-21-14)23-15(22-11)5-9-1-2-9/h3-4,6-9H,1-2,5H2,(H,22,23)(H,20,21,24). The van der Waals surface area contributed by atoms with Gasteiger partial charge in [0.05, 0.1) is 22.8 Å². The minimum atomic E-state index is -4.39. The number of aromatic amines is 1. The molecule has 0 aliphatic heterocycles. The summed E-state index contributed by atoms with van der Waals surface area (Å²) < 4.78 is 37.6. The molecule has 0 radical (unpaired) electrons. The lowest BCUT2D eigenvalue weighted by Gasteiger charge is -2.08. The molecule has 3 aromatic heterocycles. The largest absolute Gasteiger partial charge is 0.417 e. The van der Waals surface area contributed by atoms with Crippen LogP contribution in [-0.4, -0.2) is 19.9 Å². The summed E-state index contributed by atoms with van der Waals surface area (Å²) in [5.74, 6) is 2.45. The molecule has 124 valence electrons. The van der Waals surface area contributed by atoms with Crippen LogP contribution in [0.25, 0.3) is 11.0 Å². The van der Waals surface area contributed by atoms with Crippen molar-refractivity contribution in [3.8, 4) is 0 Å². The first-order chi connectivity index (χ1) is 11.5. The summed E-state index contributed by atoms with van der Waals surface area (Å²) >= 11 is 0. The Bertz CT molecular complexity index is 866. The zero-order chi connectivity index (χ0) is 16.7. The van der Waals surface area contributed by atoms with Gasteiger partial charge < -0.3 is 10.3 Å². The Balaban J connectivity index is 1.53. The highest BCUT2D eigenvalue weighted by atomic mass is 19.4. The number of pyridine rings is 2. The van der Waals surface area contributed by atoms with Crippen LogP contribution in [0.3, 0.4) is 0 Å².